The number of nitrogens with two attached hydrogens (primary N) is 3. The number of primary amides is 1. The summed E-state index contributed by atoms with van der Waals surface area (Å²) < 4.78 is 61.2. The molecule has 0 aliphatic carbocycles. The first kappa shape index (κ1) is 23.0. The van der Waals surface area contributed by atoms with Crippen molar-refractivity contribution < 1.29 is 27.2 Å². The molecule has 9 nitrogen and oxygen atoms in total. The molecule has 0 fully saturated rings. The van der Waals surface area contributed by atoms with E-state index in [-0.39, 0.29) is 39.0 Å². The molecular weight excluding hydrogens is 458 g/mol. The van der Waals surface area contributed by atoms with Crippen molar-refractivity contribution in [3.8, 4) is 0 Å². The third kappa shape index (κ3) is 3.78. The molecule has 2 aromatic heterocycles. The van der Waals surface area contributed by atoms with Crippen molar-refractivity contribution in [1.82, 2.24) is 19.1 Å². The molecule has 0 bridgehead atoms. The zero-order chi connectivity index (χ0) is 25.0. The third-order valence-electron chi connectivity index (χ3n) is 5.50. The molecule has 6 N–H and O–H groups in total. The fraction of sp³-hybridized carbons (Fsp3) is 0.238. The second kappa shape index (κ2) is 7.71. The number of carbonyl (C=O) groups is 2. The second-order valence-electron chi connectivity index (χ2n) is 7.85. The molecule has 34 heavy (non-hydrogen) atoms. The van der Waals surface area contributed by atoms with Crippen LogP contribution in [-0.2, 0) is 13.1 Å². The number of anilines is 2. The maximum atomic E-state index is 14.9. The summed E-state index contributed by atoms with van der Waals surface area (Å²) in [4.78, 5) is 30.6. The lowest BCUT2D eigenvalue weighted by molar-refractivity contribution is -0.220. The van der Waals surface area contributed by atoms with Crippen molar-refractivity contribution in [2.24, 2.45) is 5.73 Å². The van der Waals surface area contributed by atoms with Crippen molar-refractivity contribution in [3.63, 3.8) is 0 Å². The summed E-state index contributed by atoms with van der Waals surface area (Å²) in [6.07, 6.45) is 0. The predicted octanol–water partition coefficient (Wildman–Crippen LogP) is 2.82. The number of carbonyl (C=O) groups excluding carboxylic acids is 2. The smallest absolute Gasteiger partial charge is 0.329 e. The van der Waals surface area contributed by atoms with Gasteiger partial charge in [0, 0.05) is 11.1 Å². The zero-order valence-corrected chi connectivity index (χ0v) is 17.7. The number of hydrogen-bond donors (Lipinski definition) is 3. The first-order chi connectivity index (χ1) is 15.8. The molecular formula is C21H19F4N7O2. The van der Waals surface area contributed by atoms with Gasteiger partial charge in [0.15, 0.2) is 5.78 Å². The third-order valence-corrected chi connectivity index (χ3v) is 5.50. The Labute approximate surface area is 189 Å². The van der Waals surface area contributed by atoms with Gasteiger partial charge in [0.2, 0.25) is 17.8 Å². The van der Waals surface area contributed by atoms with E-state index in [4.69, 9.17) is 17.2 Å². The molecule has 2 heterocycles. The molecule has 4 rings (SSSR count). The second-order valence-corrected chi connectivity index (χ2v) is 7.85. The maximum absolute atomic E-state index is 14.9. The van der Waals surface area contributed by atoms with Crippen LogP contribution in [0.3, 0.4) is 0 Å². The van der Waals surface area contributed by atoms with E-state index in [0.717, 1.165) is 9.13 Å². The summed E-state index contributed by atoms with van der Waals surface area (Å²) in [7, 11) is 0. The minimum atomic E-state index is -4.58. The summed E-state index contributed by atoms with van der Waals surface area (Å²) in [5.41, 5.74) is 17.2. The van der Waals surface area contributed by atoms with Crippen molar-refractivity contribution in [3.05, 3.63) is 47.5 Å². The summed E-state index contributed by atoms with van der Waals surface area (Å²) >= 11 is 0. The minimum Gasteiger partial charge on any atom is -0.369 e. The minimum absolute atomic E-state index is 0.0299. The van der Waals surface area contributed by atoms with Gasteiger partial charge in [0.05, 0.1) is 35.2 Å². The molecule has 4 aromatic rings. The van der Waals surface area contributed by atoms with E-state index < -0.39 is 42.7 Å². The Morgan fingerprint density at radius 3 is 1.65 bits per heavy atom. The van der Waals surface area contributed by atoms with Gasteiger partial charge in [-0.3, -0.25) is 9.59 Å². The lowest BCUT2D eigenvalue weighted by atomic mass is 10.1. The number of alkyl halides is 4. The Bertz CT molecular complexity index is 1350. The van der Waals surface area contributed by atoms with Crippen molar-refractivity contribution in [2.45, 2.75) is 31.9 Å². The van der Waals surface area contributed by atoms with E-state index in [1.54, 1.807) is 0 Å². The quantitative estimate of drug-likeness (QED) is 0.275. The molecule has 0 spiro atoms. The summed E-state index contributed by atoms with van der Waals surface area (Å²) in [5.74, 6) is -11.1. The first-order valence-corrected chi connectivity index (χ1v) is 9.88. The van der Waals surface area contributed by atoms with Crippen LogP contribution in [0.2, 0.25) is 0 Å². The van der Waals surface area contributed by atoms with E-state index in [0.29, 0.717) is 0 Å². The lowest BCUT2D eigenvalue weighted by Crippen LogP contribution is -2.47. The van der Waals surface area contributed by atoms with Crippen LogP contribution in [-0.4, -0.2) is 42.6 Å². The first-order valence-electron chi connectivity index (χ1n) is 9.88. The predicted molar refractivity (Wildman–Crippen MR) is 117 cm³/mol. The van der Waals surface area contributed by atoms with Crippen LogP contribution >= 0.6 is 0 Å². The number of imidazole rings is 2. The Balaban J connectivity index is 1.67. The molecule has 0 saturated heterocycles. The highest BCUT2D eigenvalue weighted by molar-refractivity contribution is 5.98. The van der Waals surface area contributed by atoms with Gasteiger partial charge >= 0.3 is 11.8 Å². The lowest BCUT2D eigenvalue weighted by Gasteiger charge is -2.28. The van der Waals surface area contributed by atoms with Crippen molar-refractivity contribution in [2.75, 3.05) is 11.5 Å². The van der Waals surface area contributed by atoms with Crippen LogP contribution in [0.5, 0.6) is 0 Å². The number of benzene rings is 2. The van der Waals surface area contributed by atoms with Crippen LogP contribution in [0.1, 0.15) is 27.6 Å². The van der Waals surface area contributed by atoms with Gasteiger partial charge < -0.3 is 26.3 Å². The van der Waals surface area contributed by atoms with Gasteiger partial charge in [-0.15, -0.1) is 0 Å². The van der Waals surface area contributed by atoms with Gasteiger partial charge in [-0.25, -0.2) is 9.97 Å². The summed E-state index contributed by atoms with van der Waals surface area (Å²) in [6.45, 7) is -1.64. The fourth-order valence-corrected chi connectivity index (χ4v) is 3.63. The molecule has 0 aliphatic heterocycles. The maximum Gasteiger partial charge on any atom is 0.329 e. The number of fused-ring (bicyclic) bond motifs is 2. The topological polar surface area (TPSA) is 148 Å². The van der Waals surface area contributed by atoms with Crippen LogP contribution < -0.4 is 17.2 Å². The van der Waals surface area contributed by atoms with E-state index in [1.165, 1.54) is 43.3 Å². The summed E-state index contributed by atoms with van der Waals surface area (Å²) in [6, 6.07) is 7.78. The van der Waals surface area contributed by atoms with E-state index in [9.17, 15) is 27.2 Å². The van der Waals surface area contributed by atoms with Crippen LogP contribution in [0.4, 0.5) is 29.5 Å². The largest absolute Gasteiger partial charge is 0.369 e. The fourth-order valence-electron chi connectivity index (χ4n) is 3.63. The molecule has 178 valence electrons. The zero-order valence-electron chi connectivity index (χ0n) is 17.7. The highest BCUT2D eigenvalue weighted by Crippen LogP contribution is 2.39. The average Bonchev–Trinajstić information content (AvgIpc) is 3.22. The highest BCUT2D eigenvalue weighted by Gasteiger charge is 2.57. The van der Waals surface area contributed by atoms with Gasteiger partial charge in [0.1, 0.15) is 0 Å². The van der Waals surface area contributed by atoms with Crippen molar-refractivity contribution in [1.29, 1.82) is 0 Å². The van der Waals surface area contributed by atoms with Crippen molar-refractivity contribution >= 4 is 45.7 Å². The normalized spacial score (nSPS) is 12.5. The number of aromatic nitrogens is 4. The molecule has 13 heteroatoms. The number of Topliss-reactive ketones (excluding diaryl/α,β-unsaturated/α-hetero) is 1. The Morgan fingerprint density at radius 2 is 1.24 bits per heavy atom. The van der Waals surface area contributed by atoms with E-state index in [1.807, 2.05) is 0 Å². The average molecular weight is 477 g/mol. The SMILES string of the molecule is CC(=O)c1ccc2c(c1)nc(N)n2CC(F)(F)C(F)(F)Cn1c(N)nc2cc(C(N)=O)ccc21. The van der Waals surface area contributed by atoms with Gasteiger partial charge in [-0.2, -0.15) is 17.6 Å². The number of nitrogens with zero attached hydrogens (tertiary/aromatic N) is 4. The number of nitrogen functional groups attached to an aromatic ring is 2. The van der Waals surface area contributed by atoms with Gasteiger partial charge in [-0.1, -0.05) is 0 Å². The standard InChI is InChI=1S/C21H19F4N7O2/c1-10(33)11-2-4-15-13(6-11)29-18(27)31(15)8-20(22,23)21(24,25)9-32-16-5-3-12(17(26)34)7-14(16)30-19(32)28/h2-7H,8-9H2,1H3,(H2,26,34)(H2,27,29)(H2,28,30). The number of rotatable bonds is 7. The Hall–Kier alpha value is -4.16. The van der Waals surface area contributed by atoms with Crippen LogP contribution in [0, 0.1) is 0 Å². The van der Waals surface area contributed by atoms with Gasteiger partial charge in [0.25, 0.3) is 0 Å². The highest BCUT2D eigenvalue weighted by atomic mass is 19.3. The molecule has 2 aromatic carbocycles. The molecule has 0 radical (unpaired) electrons. The Morgan fingerprint density at radius 1 is 0.824 bits per heavy atom. The van der Waals surface area contributed by atoms with Gasteiger partial charge in [-0.05, 0) is 43.3 Å². The van der Waals surface area contributed by atoms with Crippen LogP contribution in [0.15, 0.2) is 36.4 Å². The molecule has 0 saturated carbocycles. The van der Waals surface area contributed by atoms with Crippen LogP contribution in [0.25, 0.3) is 22.1 Å². The summed E-state index contributed by atoms with van der Waals surface area (Å²) in [5, 5.41) is 0. The molecule has 0 atom stereocenters. The van der Waals surface area contributed by atoms with E-state index >= 15 is 0 Å². The monoisotopic (exact) mass is 477 g/mol. The number of hydrogen-bond acceptors (Lipinski definition) is 6. The molecule has 1 amide bonds. The number of ketones is 1. The molecule has 0 aliphatic rings. The Kier molecular flexibility index (Phi) is 5.22. The van der Waals surface area contributed by atoms with E-state index in [2.05, 4.69) is 9.97 Å². The number of halogens is 4. The molecule has 0 unspecified atom stereocenters. The number of amides is 1.